The van der Waals surface area contributed by atoms with Crippen LogP contribution in [0.4, 0.5) is 22.7 Å². The Morgan fingerprint density at radius 2 is 0.981 bits per heavy atom. The van der Waals surface area contributed by atoms with Crippen molar-refractivity contribution in [2.24, 2.45) is 0 Å². The average molecular weight is 719 g/mol. The van der Waals surface area contributed by atoms with Crippen LogP contribution < -0.4 is 34.4 Å². The Bertz CT molecular complexity index is 1860. The molecule has 53 heavy (non-hydrogen) atoms. The van der Waals surface area contributed by atoms with E-state index in [1.54, 1.807) is 0 Å². The summed E-state index contributed by atoms with van der Waals surface area (Å²) in [6.07, 6.45) is 0. The Hall–Kier alpha value is -5.39. The van der Waals surface area contributed by atoms with Gasteiger partial charge in [-0.15, -0.1) is 0 Å². The van der Waals surface area contributed by atoms with Crippen LogP contribution in [0, 0.1) is 13.8 Å². The lowest BCUT2D eigenvalue weighted by Gasteiger charge is -2.38. The molecule has 0 aromatic heterocycles. The van der Waals surface area contributed by atoms with Crippen LogP contribution in [-0.2, 0) is 27.5 Å². The van der Waals surface area contributed by atoms with Crippen molar-refractivity contribution in [1.29, 1.82) is 0 Å². The number of nitrogens with zero attached hydrogens (tertiary/aromatic N) is 5. The molecule has 0 bridgehead atoms. The molecule has 11 heteroatoms. The summed E-state index contributed by atoms with van der Waals surface area (Å²) < 4.78 is 11.8. The second-order valence-electron chi connectivity index (χ2n) is 13.8. The molecule has 0 radical (unpaired) electrons. The van der Waals surface area contributed by atoms with E-state index in [1.165, 1.54) is 0 Å². The number of hydrogen-bond donors (Lipinski definition) is 1. The minimum atomic E-state index is 0.00761. The summed E-state index contributed by atoms with van der Waals surface area (Å²) in [5.41, 5.74) is 8.51. The van der Waals surface area contributed by atoms with Crippen molar-refractivity contribution in [2.45, 2.75) is 26.9 Å². The Morgan fingerprint density at radius 3 is 1.42 bits per heavy atom. The number of hydrogen-bond acceptors (Lipinski definition) is 9. The summed E-state index contributed by atoms with van der Waals surface area (Å²) in [6, 6.07) is 28.7. The molecule has 4 aliphatic rings. The van der Waals surface area contributed by atoms with Crippen molar-refractivity contribution in [3.63, 3.8) is 0 Å². The molecule has 4 aromatic rings. The molecule has 4 heterocycles. The van der Waals surface area contributed by atoms with Crippen LogP contribution >= 0.6 is 0 Å². The monoisotopic (exact) mass is 718 g/mol. The Balaban J connectivity index is 0.000000173. The molecule has 1 N–H and O–H groups in total. The van der Waals surface area contributed by atoms with E-state index in [0.29, 0.717) is 13.1 Å². The summed E-state index contributed by atoms with van der Waals surface area (Å²) in [4.78, 5) is 43.9. The highest BCUT2D eigenvalue weighted by Crippen LogP contribution is 2.44. The zero-order valence-electron chi connectivity index (χ0n) is 31.1. The van der Waals surface area contributed by atoms with E-state index in [9.17, 15) is 9.59 Å². The molecule has 8 rings (SSSR count). The molecule has 0 aliphatic carbocycles. The van der Waals surface area contributed by atoms with Gasteiger partial charge in [-0.3, -0.25) is 9.59 Å². The predicted octanol–water partition coefficient (Wildman–Crippen LogP) is 4.82. The van der Waals surface area contributed by atoms with Crippen molar-refractivity contribution in [2.75, 3.05) is 92.2 Å². The van der Waals surface area contributed by atoms with Gasteiger partial charge in [-0.2, -0.15) is 0 Å². The normalized spacial score (nSPS) is 17.0. The SMILES string of the molecule is C=O.Cc1cc(N2CCN(C)CC2)c2c(c1)N(Cc1ccccc1)C(=O)CO2.Cc1cc(N2CCNCC2)c2c(c1)N(Cc1ccccc1)C(=O)CO2. The highest BCUT2D eigenvalue weighted by Gasteiger charge is 2.32. The lowest BCUT2D eigenvalue weighted by atomic mass is 10.1. The van der Waals surface area contributed by atoms with Crippen LogP contribution in [0.3, 0.4) is 0 Å². The smallest absolute Gasteiger partial charge is 0.265 e. The van der Waals surface area contributed by atoms with Gasteiger partial charge < -0.3 is 44.1 Å². The number of amides is 2. The van der Waals surface area contributed by atoms with Gasteiger partial charge >= 0.3 is 0 Å². The molecule has 2 fully saturated rings. The number of nitrogens with one attached hydrogen (secondary N) is 1. The fourth-order valence-corrected chi connectivity index (χ4v) is 7.16. The second kappa shape index (κ2) is 17.4. The molecule has 0 unspecified atom stereocenters. The van der Waals surface area contributed by atoms with Crippen LogP contribution in [0.1, 0.15) is 22.3 Å². The van der Waals surface area contributed by atoms with E-state index < -0.39 is 0 Å². The van der Waals surface area contributed by atoms with Gasteiger partial charge in [-0.25, -0.2) is 0 Å². The maximum Gasteiger partial charge on any atom is 0.265 e. The van der Waals surface area contributed by atoms with E-state index in [2.05, 4.69) is 89.4 Å². The van der Waals surface area contributed by atoms with Crippen LogP contribution in [-0.4, -0.2) is 96.1 Å². The molecule has 4 aliphatic heterocycles. The maximum absolute atomic E-state index is 12.6. The van der Waals surface area contributed by atoms with E-state index in [-0.39, 0.29) is 25.0 Å². The third-order valence-corrected chi connectivity index (χ3v) is 9.92. The standard InChI is InChI=1S/C21H25N3O2.C20H23N3O2.CH2O/c1-16-12-18(23-10-8-22(2)9-11-23)21-19(13-16)24(20(25)15-26-21)14-17-6-4-3-5-7-17;1-15-11-17(22-9-7-21-8-10-22)20-18(12-15)23(19(24)14-25-20)13-16-5-3-2-4-6-16;1-2/h3-7,12-13H,8-11,14-15H2,1-2H3;2-6,11-12,21H,7-10,13-14H2,1H3;1H2. The number of carbonyl (C=O) groups is 3. The van der Waals surface area contributed by atoms with Gasteiger partial charge in [0.1, 0.15) is 6.79 Å². The molecular weight excluding hydrogens is 668 g/mol. The Labute approximate surface area is 312 Å². The summed E-state index contributed by atoms with van der Waals surface area (Å²) in [5, 5.41) is 3.38. The minimum absolute atomic E-state index is 0.00761. The number of aryl methyl sites for hydroxylation is 2. The van der Waals surface area contributed by atoms with Gasteiger partial charge in [0.05, 0.1) is 35.8 Å². The molecule has 278 valence electrons. The van der Waals surface area contributed by atoms with Gasteiger partial charge in [0.15, 0.2) is 24.7 Å². The summed E-state index contributed by atoms with van der Waals surface area (Å²) in [7, 11) is 2.15. The van der Waals surface area contributed by atoms with Gasteiger partial charge in [0.2, 0.25) is 0 Å². The quantitative estimate of drug-likeness (QED) is 0.301. The molecule has 0 saturated carbocycles. The highest BCUT2D eigenvalue weighted by molar-refractivity contribution is 6.00. The van der Waals surface area contributed by atoms with Gasteiger partial charge in [0.25, 0.3) is 11.8 Å². The number of piperazine rings is 2. The van der Waals surface area contributed by atoms with Crippen molar-refractivity contribution in [3.8, 4) is 11.5 Å². The third kappa shape index (κ3) is 8.81. The van der Waals surface area contributed by atoms with E-state index in [1.807, 2.05) is 53.0 Å². The third-order valence-electron chi connectivity index (χ3n) is 9.92. The first-order valence-corrected chi connectivity index (χ1v) is 18.3. The number of carbonyl (C=O) groups excluding carboxylic acids is 3. The van der Waals surface area contributed by atoms with Crippen LogP contribution in [0.15, 0.2) is 84.9 Å². The zero-order chi connectivity index (χ0) is 37.3. The van der Waals surface area contributed by atoms with Crippen molar-refractivity contribution >= 4 is 41.4 Å². The van der Waals surface area contributed by atoms with Crippen molar-refractivity contribution in [1.82, 2.24) is 10.2 Å². The summed E-state index contributed by atoms with van der Waals surface area (Å²) in [6.45, 7) is 15.4. The number of fused-ring (bicyclic) bond motifs is 2. The van der Waals surface area contributed by atoms with E-state index >= 15 is 0 Å². The Kier molecular flexibility index (Phi) is 12.3. The maximum atomic E-state index is 12.6. The first-order valence-electron chi connectivity index (χ1n) is 18.3. The second-order valence-corrected chi connectivity index (χ2v) is 13.8. The number of ether oxygens (including phenoxy) is 2. The van der Waals surface area contributed by atoms with Crippen molar-refractivity contribution < 1.29 is 23.9 Å². The highest BCUT2D eigenvalue weighted by atomic mass is 16.5. The molecular formula is C42H50N6O5. The fraction of sp³-hybridized carbons (Fsp3) is 0.357. The molecule has 4 aromatic carbocycles. The Morgan fingerprint density at radius 1 is 0.585 bits per heavy atom. The summed E-state index contributed by atoms with van der Waals surface area (Å²) >= 11 is 0. The molecule has 2 saturated heterocycles. The van der Waals surface area contributed by atoms with E-state index in [0.717, 1.165) is 109 Å². The average Bonchev–Trinajstić information content (AvgIpc) is 3.19. The zero-order valence-corrected chi connectivity index (χ0v) is 31.1. The largest absolute Gasteiger partial charge is 0.479 e. The lowest BCUT2D eigenvalue weighted by molar-refractivity contribution is -0.122. The number of likely N-dealkylation sites (N-methyl/N-ethyl adjacent to an activating group) is 1. The van der Waals surface area contributed by atoms with Crippen LogP contribution in [0.2, 0.25) is 0 Å². The van der Waals surface area contributed by atoms with Gasteiger partial charge in [-0.05, 0) is 67.4 Å². The van der Waals surface area contributed by atoms with Gasteiger partial charge in [0, 0.05) is 52.4 Å². The number of rotatable bonds is 6. The van der Waals surface area contributed by atoms with E-state index in [4.69, 9.17) is 14.3 Å². The minimum Gasteiger partial charge on any atom is -0.479 e. The number of benzene rings is 4. The molecule has 2 amide bonds. The number of anilines is 4. The molecule has 0 atom stereocenters. The molecule has 11 nitrogen and oxygen atoms in total. The van der Waals surface area contributed by atoms with Crippen molar-refractivity contribution in [3.05, 3.63) is 107 Å². The topological polar surface area (TPSA) is 97.9 Å². The van der Waals surface area contributed by atoms with Crippen LogP contribution in [0.25, 0.3) is 0 Å². The fourth-order valence-electron chi connectivity index (χ4n) is 7.16. The first kappa shape index (κ1) is 37.4. The van der Waals surface area contributed by atoms with Gasteiger partial charge in [-0.1, -0.05) is 60.7 Å². The lowest BCUT2D eigenvalue weighted by Crippen LogP contribution is -2.45. The molecule has 0 spiro atoms. The summed E-state index contributed by atoms with van der Waals surface area (Å²) in [5.74, 6) is 1.70. The first-order chi connectivity index (χ1) is 25.8. The van der Waals surface area contributed by atoms with Crippen LogP contribution in [0.5, 0.6) is 11.5 Å². The predicted molar refractivity (Wildman–Crippen MR) is 211 cm³/mol.